The lowest BCUT2D eigenvalue weighted by molar-refractivity contribution is 0.340. The van der Waals surface area contributed by atoms with Crippen molar-refractivity contribution in [3.63, 3.8) is 0 Å². The Morgan fingerprint density at radius 1 is 1.24 bits per heavy atom. The fourth-order valence-corrected chi connectivity index (χ4v) is 2.37. The lowest BCUT2D eigenvalue weighted by Crippen LogP contribution is -2.31. The van der Waals surface area contributed by atoms with Crippen molar-refractivity contribution < 1.29 is 4.74 Å². The monoisotopic (exact) mass is 230 g/mol. The van der Waals surface area contributed by atoms with Crippen molar-refractivity contribution in [3.05, 3.63) is 29.3 Å². The first-order valence-corrected chi connectivity index (χ1v) is 6.13. The van der Waals surface area contributed by atoms with Crippen LogP contribution in [0.15, 0.2) is 18.2 Å². The molecule has 0 saturated heterocycles. The van der Waals surface area contributed by atoms with Crippen LogP contribution in [0, 0.1) is 6.92 Å². The standard InChI is InChI=1S/C15H20NO/c1-6-17-12-7-10(2)14-13(8-12)11(3)9-15(4,5)16-14/h7-9H,6H2,1-5H3. The fraction of sp³-hybridized carbons (Fsp3) is 0.467. The quantitative estimate of drug-likeness (QED) is 0.757. The highest BCUT2D eigenvalue weighted by atomic mass is 16.5. The second-order valence-electron chi connectivity index (χ2n) is 5.16. The number of rotatable bonds is 2. The van der Waals surface area contributed by atoms with E-state index >= 15 is 0 Å². The van der Waals surface area contributed by atoms with Gasteiger partial charge in [0.2, 0.25) is 0 Å². The van der Waals surface area contributed by atoms with Crippen molar-refractivity contribution in [2.24, 2.45) is 0 Å². The molecule has 0 atom stereocenters. The Balaban J connectivity index is 2.52. The molecule has 0 amide bonds. The number of hydrogen-bond acceptors (Lipinski definition) is 1. The van der Waals surface area contributed by atoms with E-state index in [-0.39, 0.29) is 5.54 Å². The molecule has 0 saturated carbocycles. The third-order valence-corrected chi connectivity index (χ3v) is 2.98. The van der Waals surface area contributed by atoms with Crippen molar-refractivity contribution in [3.8, 4) is 5.75 Å². The second-order valence-corrected chi connectivity index (χ2v) is 5.16. The SMILES string of the molecule is CCOc1cc(C)c2c(c1)C(C)=CC(C)(C)[N]2. The van der Waals surface area contributed by atoms with Crippen LogP contribution < -0.4 is 10.1 Å². The molecule has 1 aliphatic heterocycles. The van der Waals surface area contributed by atoms with Gasteiger partial charge in [-0.3, -0.25) is 5.32 Å². The first kappa shape index (κ1) is 12.0. The van der Waals surface area contributed by atoms with Crippen LogP contribution in [0.4, 0.5) is 5.69 Å². The first-order chi connectivity index (χ1) is 7.93. The van der Waals surface area contributed by atoms with Crippen molar-refractivity contribution >= 4 is 11.3 Å². The fourth-order valence-electron chi connectivity index (χ4n) is 2.37. The Bertz CT molecular complexity index is 472. The number of fused-ring (bicyclic) bond motifs is 1. The summed E-state index contributed by atoms with van der Waals surface area (Å²) < 4.78 is 5.58. The van der Waals surface area contributed by atoms with Crippen molar-refractivity contribution in [1.29, 1.82) is 0 Å². The van der Waals surface area contributed by atoms with E-state index in [0.29, 0.717) is 6.61 Å². The van der Waals surface area contributed by atoms with Crippen LogP contribution in [0.2, 0.25) is 0 Å². The van der Waals surface area contributed by atoms with Crippen molar-refractivity contribution in [2.45, 2.75) is 40.2 Å². The molecule has 1 radical (unpaired) electrons. The van der Waals surface area contributed by atoms with Crippen LogP contribution in [-0.2, 0) is 0 Å². The van der Waals surface area contributed by atoms with Crippen LogP contribution in [0.25, 0.3) is 5.57 Å². The smallest absolute Gasteiger partial charge is 0.120 e. The summed E-state index contributed by atoms with van der Waals surface area (Å²) in [5, 5.41) is 4.80. The molecule has 1 aliphatic rings. The molecule has 0 bridgehead atoms. The van der Waals surface area contributed by atoms with Gasteiger partial charge >= 0.3 is 0 Å². The van der Waals surface area contributed by atoms with E-state index in [1.807, 2.05) is 6.92 Å². The van der Waals surface area contributed by atoms with E-state index in [1.54, 1.807) is 0 Å². The summed E-state index contributed by atoms with van der Waals surface area (Å²) in [6, 6.07) is 4.16. The minimum Gasteiger partial charge on any atom is -0.494 e. The third kappa shape index (κ3) is 2.31. The maximum absolute atomic E-state index is 5.58. The lowest BCUT2D eigenvalue weighted by Gasteiger charge is -2.30. The molecule has 0 fully saturated rings. The van der Waals surface area contributed by atoms with Gasteiger partial charge in [-0.2, -0.15) is 0 Å². The number of allylic oxidation sites excluding steroid dienone is 1. The molecule has 2 heteroatoms. The number of nitrogens with zero attached hydrogens (tertiary/aromatic N) is 1. The van der Waals surface area contributed by atoms with Crippen LogP contribution in [0.3, 0.4) is 0 Å². The zero-order valence-electron chi connectivity index (χ0n) is 11.3. The van der Waals surface area contributed by atoms with Gasteiger partial charge in [0, 0.05) is 5.56 Å². The maximum Gasteiger partial charge on any atom is 0.120 e. The molecule has 17 heavy (non-hydrogen) atoms. The van der Waals surface area contributed by atoms with Gasteiger partial charge in [0.25, 0.3) is 0 Å². The Hall–Kier alpha value is -1.44. The average molecular weight is 230 g/mol. The van der Waals surface area contributed by atoms with Crippen molar-refractivity contribution in [1.82, 2.24) is 5.32 Å². The molecule has 2 rings (SSSR count). The molecule has 0 unspecified atom stereocenters. The summed E-state index contributed by atoms with van der Waals surface area (Å²) in [6.07, 6.45) is 2.21. The Morgan fingerprint density at radius 2 is 1.94 bits per heavy atom. The van der Waals surface area contributed by atoms with Gasteiger partial charge in [0.05, 0.1) is 17.8 Å². The minimum atomic E-state index is -0.102. The highest BCUT2D eigenvalue weighted by molar-refractivity contribution is 5.79. The van der Waals surface area contributed by atoms with E-state index in [9.17, 15) is 0 Å². The number of benzene rings is 1. The molecule has 0 aliphatic carbocycles. The summed E-state index contributed by atoms with van der Waals surface area (Å²) in [4.78, 5) is 0. The van der Waals surface area contributed by atoms with E-state index in [2.05, 4.69) is 45.9 Å². The van der Waals surface area contributed by atoms with E-state index in [0.717, 1.165) is 11.4 Å². The molecular formula is C15H20NO. The molecule has 1 aromatic carbocycles. The topological polar surface area (TPSA) is 23.3 Å². The summed E-state index contributed by atoms with van der Waals surface area (Å²) in [5.74, 6) is 0.936. The number of hydrogen-bond donors (Lipinski definition) is 0. The molecule has 1 heterocycles. The number of ether oxygens (including phenoxy) is 1. The Kier molecular flexibility index (Phi) is 2.90. The summed E-state index contributed by atoms with van der Waals surface area (Å²) in [5.41, 5.74) is 4.68. The molecule has 0 aromatic heterocycles. The van der Waals surface area contributed by atoms with Crippen LogP contribution in [0.5, 0.6) is 5.75 Å². The van der Waals surface area contributed by atoms with Crippen LogP contribution in [0.1, 0.15) is 38.8 Å². The van der Waals surface area contributed by atoms with Gasteiger partial charge in [0.15, 0.2) is 0 Å². The average Bonchev–Trinajstić information content (AvgIpc) is 2.19. The van der Waals surface area contributed by atoms with Gasteiger partial charge in [-0.1, -0.05) is 6.08 Å². The first-order valence-electron chi connectivity index (χ1n) is 6.13. The molecule has 0 spiro atoms. The van der Waals surface area contributed by atoms with E-state index < -0.39 is 0 Å². The zero-order chi connectivity index (χ0) is 12.6. The molecule has 91 valence electrons. The van der Waals surface area contributed by atoms with Gasteiger partial charge in [-0.05, 0) is 57.9 Å². The number of aryl methyl sites for hydroxylation is 1. The van der Waals surface area contributed by atoms with Gasteiger partial charge in [-0.25, -0.2) is 0 Å². The lowest BCUT2D eigenvalue weighted by atomic mass is 9.89. The second kappa shape index (κ2) is 4.10. The zero-order valence-corrected chi connectivity index (χ0v) is 11.3. The van der Waals surface area contributed by atoms with Gasteiger partial charge in [-0.15, -0.1) is 0 Å². The normalized spacial score (nSPS) is 16.9. The molecule has 1 aromatic rings. The van der Waals surface area contributed by atoms with Gasteiger partial charge in [0.1, 0.15) is 5.75 Å². The molecule has 2 nitrogen and oxygen atoms in total. The Labute approximate surface area is 104 Å². The van der Waals surface area contributed by atoms with E-state index in [4.69, 9.17) is 10.1 Å². The molecule has 0 N–H and O–H groups in total. The van der Waals surface area contributed by atoms with Crippen LogP contribution >= 0.6 is 0 Å². The summed E-state index contributed by atoms with van der Waals surface area (Å²) >= 11 is 0. The van der Waals surface area contributed by atoms with E-state index in [1.165, 1.54) is 16.7 Å². The summed E-state index contributed by atoms with van der Waals surface area (Å²) in [7, 11) is 0. The van der Waals surface area contributed by atoms with Crippen LogP contribution in [-0.4, -0.2) is 12.1 Å². The maximum atomic E-state index is 5.58. The highest BCUT2D eigenvalue weighted by Crippen LogP contribution is 2.38. The third-order valence-electron chi connectivity index (χ3n) is 2.98. The predicted molar refractivity (Wildman–Crippen MR) is 71.9 cm³/mol. The Morgan fingerprint density at radius 3 is 2.59 bits per heavy atom. The van der Waals surface area contributed by atoms with Gasteiger partial charge < -0.3 is 4.74 Å². The van der Waals surface area contributed by atoms with Crippen molar-refractivity contribution in [2.75, 3.05) is 6.61 Å². The summed E-state index contributed by atoms with van der Waals surface area (Å²) in [6.45, 7) is 11.2. The molecular weight excluding hydrogens is 210 g/mol. The minimum absolute atomic E-state index is 0.102. The largest absolute Gasteiger partial charge is 0.494 e. The highest BCUT2D eigenvalue weighted by Gasteiger charge is 2.26. The predicted octanol–water partition coefficient (Wildman–Crippen LogP) is 3.83.